The molecule has 0 bridgehead atoms. The molecule has 0 radical (unpaired) electrons. The van der Waals surface area contributed by atoms with E-state index in [1.165, 1.54) is 7.11 Å². The summed E-state index contributed by atoms with van der Waals surface area (Å²) in [6, 6.07) is 8.60. The molecule has 0 heterocycles. The maximum atomic E-state index is 11.6. The second-order valence-corrected chi connectivity index (χ2v) is 6.89. The van der Waals surface area contributed by atoms with Gasteiger partial charge >= 0.3 is 5.97 Å². The fourth-order valence-electron chi connectivity index (χ4n) is 1.69. The molecule has 4 nitrogen and oxygen atoms in total. The monoisotopic (exact) mass is 544 g/mol. The van der Waals surface area contributed by atoms with Crippen molar-refractivity contribution in [1.82, 2.24) is 0 Å². The SMILES string of the molecule is COC(=O)c1cc(I)c(Oc2ccc(OC)cc2Cl)c(I)c1. The highest BCUT2D eigenvalue weighted by Crippen LogP contribution is 2.37. The highest BCUT2D eigenvalue weighted by atomic mass is 127. The smallest absolute Gasteiger partial charge is 0.337 e. The van der Waals surface area contributed by atoms with Crippen LogP contribution in [0, 0.1) is 7.14 Å². The lowest BCUT2D eigenvalue weighted by Crippen LogP contribution is -2.03. The van der Waals surface area contributed by atoms with Gasteiger partial charge in [-0.25, -0.2) is 4.79 Å². The molecule has 2 rings (SSSR count). The van der Waals surface area contributed by atoms with Crippen LogP contribution in [-0.2, 0) is 4.74 Å². The van der Waals surface area contributed by atoms with E-state index >= 15 is 0 Å². The molecular weight excluding hydrogens is 533 g/mol. The molecule has 116 valence electrons. The van der Waals surface area contributed by atoms with E-state index in [0.29, 0.717) is 27.8 Å². The average molecular weight is 545 g/mol. The van der Waals surface area contributed by atoms with Crippen molar-refractivity contribution in [2.24, 2.45) is 0 Å². The highest BCUT2D eigenvalue weighted by molar-refractivity contribution is 14.1. The van der Waals surface area contributed by atoms with E-state index < -0.39 is 0 Å². The Balaban J connectivity index is 2.36. The van der Waals surface area contributed by atoms with Gasteiger partial charge in [-0.2, -0.15) is 0 Å². The van der Waals surface area contributed by atoms with E-state index in [9.17, 15) is 4.79 Å². The van der Waals surface area contributed by atoms with Crippen LogP contribution in [0.3, 0.4) is 0 Å². The fourth-order valence-corrected chi connectivity index (χ4v) is 3.89. The summed E-state index contributed by atoms with van der Waals surface area (Å²) in [4.78, 5) is 11.6. The lowest BCUT2D eigenvalue weighted by molar-refractivity contribution is 0.0600. The predicted octanol–water partition coefficient (Wildman–Crippen LogP) is 5.14. The summed E-state index contributed by atoms with van der Waals surface area (Å²) in [6.07, 6.45) is 0. The number of hydrogen-bond donors (Lipinski definition) is 0. The molecule has 7 heteroatoms. The van der Waals surface area contributed by atoms with Gasteiger partial charge < -0.3 is 14.2 Å². The zero-order chi connectivity index (χ0) is 16.3. The normalized spacial score (nSPS) is 10.2. The van der Waals surface area contributed by atoms with Crippen molar-refractivity contribution in [3.63, 3.8) is 0 Å². The maximum Gasteiger partial charge on any atom is 0.337 e. The molecule has 2 aromatic rings. The molecule has 0 aliphatic heterocycles. The predicted molar refractivity (Wildman–Crippen MR) is 101 cm³/mol. The van der Waals surface area contributed by atoms with Gasteiger partial charge in [-0.05, 0) is 69.4 Å². The molecule has 0 saturated carbocycles. The largest absolute Gasteiger partial charge is 0.497 e. The number of carbonyl (C=O) groups excluding carboxylic acids is 1. The van der Waals surface area contributed by atoms with Crippen molar-refractivity contribution >= 4 is 62.8 Å². The zero-order valence-corrected chi connectivity index (χ0v) is 16.7. The van der Waals surface area contributed by atoms with E-state index in [-0.39, 0.29) is 5.97 Å². The molecule has 0 aliphatic rings. The van der Waals surface area contributed by atoms with Crippen LogP contribution in [0.5, 0.6) is 17.2 Å². The minimum absolute atomic E-state index is 0.384. The van der Waals surface area contributed by atoms with E-state index in [1.807, 2.05) is 0 Å². The van der Waals surface area contributed by atoms with Gasteiger partial charge in [-0.15, -0.1) is 0 Å². The average Bonchev–Trinajstić information content (AvgIpc) is 2.50. The maximum absolute atomic E-state index is 11.6. The van der Waals surface area contributed by atoms with Crippen molar-refractivity contribution in [3.05, 3.63) is 48.1 Å². The second kappa shape index (κ2) is 7.69. The first kappa shape index (κ1) is 17.6. The number of carbonyl (C=O) groups is 1. The van der Waals surface area contributed by atoms with E-state index in [0.717, 1.165) is 7.14 Å². The Bertz CT molecular complexity index is 696. The van der Waals surface area contributed by atoms with Crippen molar-refractivity contribution in [2.75, 3.05) is 14.2 Å². The molecule has 22 heavy (non-hydrogen) atoms. The Kier molecular flexibility index (Phi) is 6.16. The second-order valence-electron chi connectivity index (χ2n) is 4.16. The van der Waals surface area contributed by atoms with Gasteiger partial charge in [0.25, 0.3) is 0 Å². The first-order valence-electron chi connectivity index (χ1n) is 6.05. The van der Waals surface area contributed by atoms with E-state index in [1.54, 1.807) is 37.4 Å². The Morgan fingerprint density at radius 2 is 1.73 bits per heavy atom. The summed E-state index contributed by atoms with van der Waals surface area (Å²) in [5.74, 6) is 1.43. The molecule has 0 fully saturated rings. The van der Waals surface area contributed by atoms with Crippen LogP contribution in [0.2, 0.25) is 5.02 Å². The molecule has 0 N–H and O–H groups in total. The third kappa shape index (κ3) is 3.96. The third-order valence-electron chi connectivity index (χ3n) is 2.77. The molecule has 0 amide bonds. The first-order valence-corrected chi connectivity index (χ1v) is 8.58. The van der Waals surface area contributed by atoms with Crippen molar-refractivity contribution in [1.29, 1.82) is 0 Å². The van der Waals surface area contributed by atoms with Gasteiger partial charge in [-0.3, -0.25) is 0 Å². The lowest BCUT2D eigenvalue weighted by Gasteiger charge is -2.13. The molecule has 0 unspecified atom stereocenters. The summed E-state index contributed by atoms with van der Waals surface area (Å²) in [5.41, 5.74) is 0.476. The molecule has 0 aliphatic carbocycles. The Morgan fingerprint density at radius 1 is 1.09 bits per heavy atom. The number of halogens is 3. The first-order chi connectivity index (χ1) is 10.5. The number of methoxy groups -OCH3 is 2. The number of rotatable bonds is 4. The number of esters is 1. The molecule has 0 saturated heterocycles. The molecule has 0 aromatic heterocycles. The third-order valence-corrected chi connectivity index (χ3v) is 4.67. The minimum Gasteiger partial charge on any atom is -0.497 e. The zero-order valence-electron chi connectivity index (χ0n) is 11.7. The highest BCUT2D eigenvalue weighted by Gasteiger charge is 2.15. The Morgan fingerprint density at radius 3 is 2.23 bits per heavy atom. The minimum atomic E-state index is -0.384. The topological polar surface area (TPSA) is 44.8 Å². The van der Waals surface area contributed by atoms with Crippen molar-refractivity contribution in [3.8, 4) is 17.2 Å². The van der Waals surface area contributed by atoms with E-state index in [4.69, 9.17) is 25.8 Å². The summed E-state index contributed by atoms with van der Waals surface area (Å²) < 4.78 is 17.3. The molecular formula is C15H11ClI2O4. The standard InChI is InChI=1S/C15H11ClI2O4/c1-20-9-3-4-13(10(16)7-9)22-14-11(17)5-8(6-12(14)18)15(19)21-2/h3-7H,1-2H3. The van der Waals surface area contributed by atoms with Gasteiger partial charge in [0, 0.05) is 6.07 Å². The Hall–Kier alpha value is -0.740. The van der Waals surface area contributed by atoms with Gasteiger partial charge in [-0.1, -0.05) is 11.6 Å². The van der Waals surface area contributed by atoms with Crippen LogP contribution in [0.1, 0.15) is 10.4 Å². The summed E-state index contributed by atoms with van der Waals surface area (Å²) >= 11 is 10.4. The quantitative estimate of drug-likeness (QED) is 0.395. The van der Waals surface area contributed by atoms with Crippen LogP contribution >= 0.6 is 56.8 Å². The Labute approximate surface area is 160 Å². The van der Waals surface area contributed by atoms with Gasteiger partial charge in [0.15, 0.2) is 5.75 Å². The molecule has 2 aromatic carbocycles. The molecule has 0 spiro atoms. The number of hydrogen-bond acceptors (Lipinski definition) is 4. The van der Waals surface area contributed by atoms with Gasteiger partial charge in [0.1, 0.15) is 11.5 Å². The summed E-state index contributed by atoms with van der Waals surface area (Å²) in [7, 11) is 2.92. The van der Waals surface area contributed by atoms with E-state index in [2.05, 4.69) is 45.2 Å². The van der Waals surface area contributed by atoms with Crippen LogP contribution in [0.15, 0.2) is 30.3 Å². The van der Waals surface area contributed by atoms with Gasteiger partial charge in [0.2, 0.25) is 0 Å². The fraction of sp³-hybridized carbons (Fsp3) is 0.133. The lowest BCUT2D eigenvalue weighted by atomic mass is 10.2. The van der Waals surface area contributed by atoms with Gasteiger partial charge in [0.05, 0.1) is 31.9 Å². The van der Waals surface area contributed by atoms with Crippen LogP contribution in [0.25, 0.3) is 0 Å². The van der Waals surface area contributed by atoms with Crippen LogP contribution < -0.4 is 9.47 Å². The van der Waals surface area contributed by atoms with Crippen molar-refractivity contribution < 1.29 is 19.0 Å². The number of benzene rings is 2. The van der Waals surface area contributed by atoms with Crippen LogP contribution in [-0.4, -0.2) is 20.2 Å². The van der Waals surface area contributed by atoms with Crippen LogP contribution in [0.4, 0.5) is 0 Å². The summed E-state index contributed by atoms with van der Waals surface area (Å²) in [6.45, 7) is 0. The summed E-state index contributed by atoms with van der Waals surface area (Å²) in [5, 5.41) is 0.447. The number of ether oxygens (including phenoxy) is 3. The van der Waals surface area contributed by atoms with Crippen molar-refractivity contribution in [2.45, 2.75) is 0 Å². The molecule has 0 atom stereocenters.